The Bertz CT molecular complexity index is 1970. The molecule has 0 spiro atoms. The summed E-state index contributed by atoms with van der Waals surface area (Å²) in [5.41, 5.74) is 11.7. The maximum atomic E-state index is 5.32. The van der Waals surface area contributed by atoms with Crippen molar-refractivity contribution in [3.05, 3.63) is 158 Å². The van der Waals surface area contributed by atoms with Gasteiger partial charge in [0.15, 0.2) is 0 Å². The van der Waals surface area contributed by atoms with Crippen molar-refractivity contribution >= 4 is 27.6 Å². The molecule has 41 heavy (non-hydrogen) atoms. The van der Waals surface area contributed by atoms with E-state index in [-0.39, 0.29) is 0 Å². The first-order chi connectivity index (χ1) is 20.2. The van der Waals surface area contributed by atoms with Crippen molar-refractivity contribution in [1.82, 2.24) is 4.57 Å². The fourth-order valence-corrected chi connectivity index (χ4v) is 5.88. The normalized spacial score (nSPS) is 11.1. The fourth-order valence-electron chi connectivity index (χ4n) is 5.88. The molecule has 0 aliphatic carbocycles. The largest absolute Gasteiger partial charge is 0.497 e. The van der Waals surface area contributed by atoms with Gasteiger partial charge in [0, 0.05) is 22.0 Å². The van der Waals surface area contributed by atoms with Crippen LogP contribution in [0.3, 0.4) is 0 Å². The summed E-state index contributed by atoms with van der Waals surface area (Å²) < 4.78 is 7.68. The van der Waals surface area contributed by atoms with Gasteiger partial charge in [-0.05, 0) is 57.6 Å². The quantitative estimate of drug-likeness (QED) is 0.196. The number of rotatable bonds is 6. The van der Waals surface area contributed by atoms with Crippen molar-refractivity contribution in [2.24, 2.45) is 0 Å². The maximum absolute atomic E-state index is 5.32. The second kappa shape index (κ2) is 10.3. The Morgan fingerprint density at radius 2 is 0.902 bits per heavy atom. The highest BCUT2D eigenvalue weighted by molar-refractivity contribution is 6.09. The second-order valence-electron chi connectivity index (χ2n) is 10.2. The lowest BCUT2D eigenvalue weighted by Crippen LogP contribution is -1.94. The standard InChI is InChI=1S/C39H29NO/c1-27(41-2)28-19-21-29(22-20-28)32-11-3-5-13-34(32)35-14-6-4-12-33(35)30-23-25-31(26-24-30)40-38-17-9-7-15-36(38)37-16-8-10-18-39(37)40/h3-26H,1H2,2H3. The van der Waals surface area contributed by atoms with Gasteiger partial charge in [0.1, 0.15) is 5.76 Å². The van der Waals surface area contributed by atoms with Gasteiger partial charge in [0.25, 0.3) is 0 Å². The molecule has 196 valence electrons. The van der Waals surface area contributed by atoms with Crippen LogP contribution in [0.25, 0.3) is 66.6 Å². The predicted molar refractivity (Wildman–Crippen MR) is 173 cm³/mol. The van der Waals surface area contributed by atoms with Crippen LogP contribution < -0.4 is 0 Å². The lowest BCUT2D eigenvalue weighted by Gasteiger charge is -2.16. The van der Waals surface area contributed by atoms with Crippen LogP contribution in [0.5, 0.6) is 0 Å². The first-order valence-corrected chi connectivity index (χ1v) is 13.8. The van der Waals surface area contributed by atoms with Crippen LogP contribution >= 0.6 is 0 Å². The number of hydrogen-bond acceptors (Lipinski definition) is 1. The molecule has 0 saturated carbocycles. The van der Waals surface area contributed by atoms with Gasteiger partial charge in [0.2, 0.25) is 0 Å². The average molecular weight is 528 g/mol. The van der Waals surface area contributed by atoms with Crippen molar-refractivity contribution in [2.45, 2.75) is 0 Å². The molecule has 0 fully saturated rings. The van der Waals surface area contributed by atoms with E-state index in [0.29, 0.717) is 5.76 Å². The Balaban J connectivity index is 1.31. The summed E-state index contributed by atoms with van der Waals surface area (Å²) in [4.78, 5) is 0. The van der Waals surface area contributed by atoms with E-state index in [0.717, 1.165) is 16.8 Å². The number of fused-ring (bicyclic) bond motifs is 3. The van der Waals surface area contributed by atoms with E-state index in [1.54, 1.807) is 7.11 Å². The second-order valence-corrected chi connectivity index (χ2v) is 10.2. The van der Waals surface area contributed by atoms with Crippen LogP contribution in [0, 0.1) is 0 Å². The minimum Gasteiger partial charge on any atom is -0.497 e. The molecule has 0 bridgehead atoms. The highest BCUT2D eigenvalue weighted by atomic mass is 16.5. The third-order valence-electron chi connectivity index (χ3n) is 7.93. The number of ether oxygens (including phenoxy) is 1. The molecule has 7 aromatic rings. The minimum atomic E-state index is 0.666. The molecule has 0 saturated heterocycles. The smallest absolute Gasteiger partial charge is 0.118 e. The van der Waals surface area contributed by atoms with E-state index in [1.165, 1.54) is 49.6 Å². The van der Waals surface area contributed by atoms with Gasteiger partial charge in [-0.15, -0.1) is 0 Å². The summed E-state index contributed by atoms with van der Waals surface area (Å²) in [6, 6.07) is 51.9. The molecule has 0 unspecified atom stereocenters. The summed E-state index contributed by atoms with van der Waals surface area (Å²) in [5.74, 6) is 0.666. The summed E-state index contributed by atoms with van der Waals surface area (Å²) in [6.07, 6.45) is 0. The third kappa shape index (κ3) is 4.31. The zero-order chi connectivity index (χ0) is 27.8. The fraction of sp³-hybridized carbons (Fsp3) is 0.0256. The van der Waals surface area contributed by atoms with Crippen molar-refractivity contribution in [3.8, 4) is 39.1 Å². The van der Waals surface area contributed by atoms with Crippen LogP contribution in [0.1, 0.15) is 5.56 Å². The van der Waals surface area contributed by atoms with E-state index in [9.17, 15) is 0 Å². The number of hydrogen-bond donors (Lipinski definition) is 0. The maximum Gasteiger partial charge on any atom is 0.118 e. The van der Waals surface area contributed by atoms with E-state index >= 15 is 0 Å². The number of para-hydroxylation sites is 2. The summed E-state index contributed by atoms with van der Waals surface area (Å²) >= 11 is 0. The summed E-state index contributed by atoms with van der Waals surface area (Å²) in [6.45, 7) is 3.98. The monoisotopic (exact) mass is 527 g/mol. The molecule has 2 nitrogen and oxygen atoms in total. The average Bonchev–Trinajstić information content (AvgIpc) is 3.39. The molecule has 0 amide bonds. The summed E-state index contributed by atoms with van der Waals surface area (Å²) in [7, 11) is 1.65. The molecule has 0 atom stereocenters. The number of aromatic nitrogens is 1. The molecule has 2 heteroatoms. The highest BCUT2D eigenvalue weighted by Crippen LogP contribution is 2.39. The highest BCUT2D eigenvalue weighted by Gasteiger charge is 2.14. The van der Waals surface area contributed by atoms with Gasteiger partial charge in [-0.3, -0.25) is 0 Å². The van der Waals surface area contributed by atoms with Crippen LogP contribution in [0.2, 0.25) is 0 Å². The number of benzene rings is 6. The molecule has 1 aromatic heterocycles. The minimum absolute atomic E-state index is 0.666. The van der Waals surface area contributed by atoms with Crippen molar-refractivity contribution < 1.29 is 4.74 Å². The zero-order valence-corrected chi connectivity index (χ0v) is 22.9. The summed E-state index contributed by atoms with van der Waals surface area (Å²) in [5, 5.41) is 2.54. The number of nitrogens with zero attached hydrogens (tertiary/aromatic N) is 1. The Labute approximate surface area is 240 Å². The van der Waals surface area contributed by atoms with Gasteiger partial charge >= 0.3 is 0 Å². The lowest BCUT2D eigenvalue weighted by molar-refractivity contribution is 0.371. The van der Waals surface area contributed by atoms with E-state index < -0.39 is 0 Å². The SMILES string of the molecule is C=C(OC)c1ccc(-c2ccccc2-c2ccccc2-c2ccc(-n3c4ccccc4c4ccccc43)cc2)cc1. The van der Waals surface area contributed by atoms with Crippen molar-refractivity contribution in [1.29, 1.82) is 0 Å². The molecule has 6 aromatic carbocycles. The van der Waals surface area contributed by atoms with Gasteiger partial charge in [-0.1, -0.05) is 128 Å². The van der Waals surface area contributed by atoms with Gasteiger partial charge in [-0.2, -0.15) is 0 Å². The van der Waals surface area contributed by atoms with E-state index in [2.05, 4.69) is 157 Å². The molecular weight excluding hydrogens is 498 g/mol. The predicted octanol–water partition coefficient (Wildman–Crippen LogP) is 10.4. The number of methoxy groups -OCH3 is 1. The Morgan fingerprint density at radius 3 is 1.39 bits per heavy atom. The molecule has 0 radical (unpaired) electrons. The van der Waals surface area contributed by atoms with E-state index in [4.69, 9.17) is 4.74 Å². The Morgan fingerprint density at radius 1 is 0.488 bits per heavy atom. The third-order valence-corrected chi connectivity index (χ3v) is 7.93. The van der Waals surface area contributed by atoms with Gasteiger partial charge in [-0.25, -0.2) is 0 Å². The Kier molecular flexibility index (Phi) is 6.22. The first-order valence-electron chi connectivity index (χ1n) is 13.8. The van der Waals surface area contributed by atoms with Crippen LogP contribution in [0.4, 0.5) is 0 Å². The molecule has 0 aliphatic heterocycles. The van der Waals surface area contributed by atoms with Gasteiger partial charge in [0.05, 0.1) is 18.1 Å². The molecule has 0 N–H and O–H groups in total. The van der Waals surface area contributed by atoms with Crippen molar-refractivity contribution in [3.63, 3.8) is 0 Å². The van der Waals surface area contributed by atoms with E-state index in [1.807, 2.05) is 0 Å². The van der Waals surface area contributed by atoms with Crippen LogP contribution in [-0.4, -0.2) is 11.7 Å². The molecule has 7 rings (SSSR count). The van der Waals surface area contributed by atoms with Crippen LogP contribution in [-0.2, 0) is 4.74 Å². The Hall–Kier alpha value is -5.34. The van der Waals surface area contributed by atoms with Gasteiger partial charge < -0.3 is 9.30 Å². The molecule has 0 aliphatic rings. The zero-order valence-electron chi connectivity index (χ0n) is 22.9. The topological polar surface area (TPSA) is 14.2 Å². The molecule has 1 heterocycles. The lowest BCUT2D eigenvalue weighted by atomic mass is 9.89. The molecular formula is C39H29NO. The first kappa shape index (κ1) is 24.7. The van der Waals surface area contributed by atoms with Crippen molar-refractivity contribution in [2.75, 3.05) is 7.11 Å². The van der Waals surface area contributed by atoms with Crippen LogP contribution in [0.15, 0.2) is 152 Å².